The molecule has 0 N–H and O–H groups in total. The van der Waals surface area contributed by atoms with Gasteiger partial charge in [-0.1, -0.05) is 365 Å². The van der Waals surface area contributed by atoms with Crippen molar-refractivity contribution in [3.8, 4) is 0 Å². The van der Waals surface area contributed by atoms with Crippen molar-refractivity contribution < 1.29 is 28.6 Å². The molecule has 0 aliphatic rings. The largest absolute Gasteiger partial charge is 0.462 e. The van der Waals surface area contributed by atoms with Gasteiger partial charge >= 0.3 is 17.9 Å². The Labute approximate surface area is 505 Å². The van der Waals surface area contributed by atoms with E-state index < -0.39 is 6.10 Å². The van der Waals surface area contributed by atoms with E-state index in [0.717, 1.165) is 96.3 Å². The van der Waals surface area contributed by atoms with Gasteiger partial charge in [0.1, 0.15) is 13.2 Å². The van der Waals surface area contributed by atoms with Crippen molar-refractivity contribution in [1.29, 1.82) is 0 Å². The number of esters is 3. The van der Waals surface area contributed by atoms with E-state index in [2.05, 4.69) is 69.4 Å². The predicted molar refractivity (Wildman–Crippen MR) is 353 cm³/mol. The minimum absolute atomic E-state index is 0.0736. The van der Waals surface area contributed by atoms with Gasteiger partial charge in [-0.3, -0.25) is 14.4 Å². The Morgan fingerprint density at radius 2 is 0.481 bits per heavy atom. The summed E-state index contributed by atoms with van der Waals surface area (Å²) in [6.45, 7) is 6.60. The third kappa shape index (κ3) is 68.0. The third-order valence-corrected chi connectivity index (χ3v) is 16.3. The van der Waals surface area contributed by atoms with Crippen molar-refractivity contribution in [3.63, 3.8) is 0 Å². The van der Waals surface area contributed by atoms with Crippen LogP contribution in [0.4, 0.5) is 0 Å². The minimum Gasteiger partial charge on any atom is -0.462 e. The summed E-state index contributed by atoms with van der Waals surface area (Å²) >= 11 is 0. The first-order valence-electron chi connectivity index (χ1n) is 36.1. The molecule has 0 amide bonds. The second kappa shape index (κ2) is 69.9. The molecular formula is C75H138O6. The first kappa shape index (κ1) is 78.4. The van der Waals surface area contributed by atoms with E-state index in [9.17, 15) is 14.4 Å². The monoisotopic (exact) mass is 1140 g/mol. The van der Waals surface area contributed by atoms with E-state index in [1.54, 1.807) is 0 Å². The molecule has 0 aromatic rings. The average molecular weight is 1140 g/mol. The third-order valence-electron chi connectivity index (χ3n) is 16.3. The maximum absolute atomic E-state index is 13.0. The normalized spacial score (nSPS) is 12.3. The highest BCUT2D eigenvalue weighted by molar-refractivity contribution is 5.71. The number of allylic oxidation sites excluding steroid dienone is 8. The molecule has 0 heterocycles. The molecule has 1 atom stereocenters. The van der Waals surface area contributed by atoms with Crippen LogP contribution in [-0.4, -0.2) is 37.2 Å². The highest BCUT2D eigenvalue weighted by atomic mass is 16.6. The van der Waals surface area contributed by atoms with Crippen LogP contribution in [-0.2, 0) is 28.6 Å². The van der Waals surface area contributed by atoms with Gasteiger partial charge in [-0.2, -0.15) is 0 Å². The van der Waals surface area contributed by atoms with Gasteiger partial charge in [0.15, 0.2) is 6.10 Å². The summed E-state index contributed by atoms with van der Waals surface area (Å²) in [6, 6.07) is 0. The topological polar surface area (TPSA) is 78.9 Å². The summed E-state index contributed by atoms with van der Waals surface area (Å²) in [7, 11) is 0. The number of carbonyl (C=O) groups excluding carboxylic acids is 3. The summed E-state index contributed by atoms with van der Waals surface area (Å²) in [5.74, 6) is -0.857. The molecule has 0 saturated carbocycles. The average Bonchev–Trinajstić information content (AvgIpc) is 3.47. The Morgan fingerprint density at radius 3 is 0.753 bits per heavy atom. The number of carbonyl (C=O) groups is 3. The van der Waals surface area contributed by atoms with Crippen LogP contribution < -0.4 is 0 Å². The van der Waals surface area contributed by atoms with E-state index in [1.165, 1.54) is 257 Å². The Balaban J connectivity index is 4.28. The molecule has 0 saturated heterocycles. The van der Waals surface area contributed by atoms with E-state index in [4.69, 9.17) is 14.2 Å². The van der Waals surface area contributed by atoms with Crippen LogP contribution in [0.1, 0.15) is 393 Å². The zero-order chi connectivity index (χ0) is 58.5. The molecule has 0 aliphatic heterocycles. The fourth-order valence-corrected chi connectivity index (χ4v) is 11.0. The van der Waals surface area contributed by atoms with Gasteiger partial charge in [0.2, 0.25) is 0 Å². The zero-order valence-electron chi connectivity index (χ0n) is 54.6. The van der Waals surface area contributed by atoms with E-state index in [1.807, 2.05) is 0 Å². The fourth-order valence-electron chi connectivity index (χ4n) is 11.0. The summed E-state index contributed by atoms with van der Waals surface area (Å²) < 4.78 is 17.0. The molecule has 1 unspecified atom stereocenters. The van der Waals surface area contributed by atoms with Crippen LogP contribution >= 0.6 is 0 Å². The van der Waals surface area contributed by atoms with Gasteiger partial charge in [0.05, 0.1) is 0 Å². The van der Waals surface area contributed by atoms with E-state index >= 15 is 0 Å². The van der Waals surface area contributed by atoms with Gasteiger partial charge < -0.3 is 14.2 Å². The van der Waals surface area contributed by atoms with Crippen molar-refractivity contribution in [2.75, 3.05) is 13.2 Å². The lowest BCUT2D eigenvalue weighted by atomic mass is 10.0. The molecule has 0 fully saturated rings. The van der Waals surface area contributed by atoms with E-state index in [0.29, 0.717) is 19.3 Å². The molecule has 81 heavy (non-hydrogen) atoms. The summed E-state index contributed by atoms with van der Waals surface area (Å²) in [6.07, 6.45) is 88.6. The Hall–Kier alpha value is -2.63. The van der Waals surface area contributed by atoms with Crippen LogP contribution in [0.25, 0.3) is 0 Å². The lowest BCUT2D eigenvalue weighted by Crippen LogP contribution is -2.30. The van der Waals surface area contributed by atoms with E-state index in [-0.39, 0.29) is 31.1 Å². The molecule has 0 bridgehead atoms. The highest BCUT2D eigenvalue weighted by Gasteiger charge is 2.19. The van der Waals surface area contributed by atoms with Gasteiger partial charge in [-0.05, 0) is 57.8 Å². The molecule has 474 valence electrons. The van der Waals surface area contributed by atoms with Crippen LogP contribution in [0.5, 0.6) is 0 Å². The Bertz CT molecular complexity index is 1400. The summed E-state index contributed by atoms with van der Waals surface area (Å²) in [5, 5.41) is 0. The predicted octanol–water partition coefficient (Wildman–Crippen LogP) is 24.9. The standard InChI is InChI=1S/C75H138O6/c1-4-7-10-13-16-19-22-25-28-31-34-35-36-37-38-39-40-42-44-47-50-53-56-59-62-65-68-74(77)80-71-72(70-79-73(76)67-64-61-58-55-52-49-46-43-33-30-27-24-21-18-15-12-9-6-3)81-75(78)69-66-63-60-57-54-51-48-45-41-32-29-26-23-20-17-14-11-8-5-2/h8,11,17,20,26,29,41,45,72H,4-7,9-10,12-16,18-19,21-25,27-28,30-40,42-44,46-71H2,1-3H3/b11-8-,20-17-,29-26-,45-41-. The minimum atomic E-state index is -0.780. The number of rotatable bonds is 67. The SMILES string of the molecule is CC/C=C\C/C=C\C/C=C\C/C=C\CCCCCCCCC(=O)OC(COC(=O)CCCCCCCCCCCCCCCCCCCC)COC(=O)CCCCCCCCCCCCCCCCCCCCCCCCCCCC. The number of hydrogen-bond acceptors (Lipinski definition) is 6. The molecule has 0 aromatic heterocycles. The first-order chi connectivity index (χ1) is 40.0. The summed E-state index contributed by atoms with van der Waals surface area (Å²) in [4.78, 5) is 38.5. The highest BCUT2D eigenvalue weighted by Crippen LogP contribution is 2.19. The maximum atomic E-state index is 13.0. The Morgan fingerprint density at radius 1 is 0.259 bits per heavy atom. The first-order valence-corrected chi connectivity index (χ1v) is 36.1. The lowest BCUT2D eigenvalue weighted by molar-refractivity contribution is -0.167. The van der Waals surface area contributed by atoms with Crippen LogP contribution in [0, 0.1) is 0 Å². The van der Waals surface area contributed by atoms with Gasteiger partial charge in [-0.15, -0.1) is 0 Å². The molecule has 6 nitrogen and oxygen atoms in total. The molecule has 0 rings (SSSR count). The van der Waals surface area contributed by atoms with Crippen molar-refractivity contribution in [1.82, 2.24) is 0 Å². The molecule has 0 aliphatic carbocycles. The second-order valence-electron chi connectivity index (χ2n) is 24.5. The number of ether oxygens (including phenoxy) is 3. The molecule has 0 aromatic carbocycles. The fraction of sp³-hybridized carbons (Fsp3) is 0.853. The zero-order valence-corrected chi connectivity index (χ0v) is 54.6. The van der Waals surface area contributed by atoms with Crippen molar-refractivity contribution >= 4 is 17.9 Å². The number of hydrogen-bond donors (Lipinski definition) is 0. The van der Waals surface area contributed by atoms with Crippen LogP contribution in [0.3, 0.4) is 0 Å². The second-order valence-corrected chi connectivity index (χ2v) is 24.5. The van der Waals surface area contributed by atoms with Crippen LogP contribution in [0.2, 0.25) is 0 Å². The lowest BCUT2D eigenvalue weighted by Gasteiger charge is -2.18. The van der Waals surface area contributed by atoms with Crippen molar-refractivity contribution in [2.45, 2.75) is 399 Å². The van der Waals surface area contributed by atoms with Crippen LogP contribution in [0.15, 0.2) is 48.6 Å². The van der Waals surface area contributed by atoms with Crippen molar-refractivity contribution in [3.05, 3.63) is 48.6 Å². The smallest absolute Gasteiger partial charge is 0.306 e. The van der Waals surface area contributed by atoms with Gasteiger partial charge in [-0.25, -0.2) is 0 Å². The maximum Gasteiger partial charge on any atom is 0.306 e. The molecular weight excluding hydrogens is 997 g/mol. The molecule has 6 heteroatoms. The van der Waals surface area contributed by atoms with Gasteiger partial charge in [0, 0.05) is 19.3 Å². The Kier molecular flexibility index (Phi) is 67.6. The summed E-state index contributed by atoms with van der Waals surface area (Å²) in [5.41, 5.74) is 0. The quantitative estimate of drug-likeness (QED) is 0.0261. The molecule has 0 radical (unpaired) electrons. The molecule has 0 spiro atoms. The van der Waals surface area contributed by atoms with Crippen molar-refractivity contribution in [2.24, 2.45) is 0 Å². The van der Waals surface area contributed by atoms with Gasteiger partial charge in [0.25, 0.3) is 0 Å². The number of unbranched alkanes of at least 4 members (excludes halogenated alkanes) is 48.